The topological polar surface area (TPSA) is 63.2 Å². The Morgan fingerprint density at radius 2 is 1.24 bits per heavy atom. The van der Waals surface area contributed by atoms with Gasteiger partial charge < -0.3 is 0 Å². The lowest BCUT2D eigenvalue weighted by Crippen LogP contribution is -2.29. The van der Waals surface area contributed by atoms with E-state index in [0.717, 1.165) is 25.6 Å². The van der Waals surface area contributed by atoms with Gasteiger partial charge in [0.1, 0.15) is 0 Å². The third-order valence-electron chi connectivity index (χ3n) is 4.15. The third-order valence-corrected chi connectivity index (χ3v) is 6.57. The van der Waals surface area contributed by atoms with Crippen molar-refractivity contribution in [3.8, 4) is 0 Å². The zero-order valence-corrected chi connectivity index (χ0v) is 19.4. The van der Waals surface area contributed by atoms with Crippen LogP contribution >= 0.6 is 31.9 Å². The Kier molecular flexibility index (Phi) is 6.72. The van der Waals surface area contributed by atoms with Crippen LogP contribution in [0.15, 0.2) is 92.7 Å². The number of aryl methyl sites for hydroxylation is 1. The summed E-state index contributed by atoms with van der Waals surface area (Å²) in [5.74, 6) is -0.716. The molecule has 3 aromatic rings. The summed E-state index contributed by atoms with van der Waals surface area (Å²) in [5.41, 5.74) is 3.13. The number of rotatable bonds is 5. The Bertz CT molecular complexity index is 1100. The van der Waals surface area contributed by atoms with Gasteiger partial charge in [0.15, 0.2) is 0 Å². The Hall–Kier alpha value is -2.22. The minimum Gasteiger partial charge on any atom is -0.269 e. The second kappa shape index (κ2) is 9.07. The van der Waals surface area contributed by atoms with Crippen molar-refractivity contribution >= 4 is 53.4 Å². The van der Waals surface area contributed by atoms with E-state index in [1.165, 1.54) is 18.2 Å². The highest BCUT2D eigenvalue weighted by atomic mass is 79.9. The summed E-state index contributed by atoms with van der Waals surface area (Å²) in [7, 11) is -3.96. The lowest BCUT2D eigenvalue weighted by Gasteiger charge is -2.10. The van der Waals surface area contributed by atoms with Crippen molar-refractivity contribution in [1.29, 1.82) is 0 Å². The molecule has 1 amide bonds. The molecule has 148 valence electrons. The van der Waals surface area contributed by atoms with E-state index in [4.69, 9.17) is 0 Å². The maximum absolute atomic E-state index is 12.6. The van der Waals surface area contributed by atoms with Crippen molar-refractivity contribution in [2.75, 3.05) is 0 Å². The second-order valence-electron chi connectivity index (χ2n) is 6.35. The van der Waals surface area contributed by atoms with Crippen molar-refractivity contribution in [3.63, 3.8) is 0 Å². The van der Waals surface area contributed by atoms with Crippen molar-refractivity contribution in [2.24, 2.45) is 0 Å². The van der Waals surface area contributed by atoms with E-state index in [1.807, 2.05) is 55.5 Å². The fourth-order valence-corrected chi connectivity index (χ4v) is 4.13. The van der Waals surface area contributed by atoms with Gasteiger partial charge in [-0.15, -0.1) is 0 Å². The molecule has 0 aromatic heterocycles. The summed E-state index contributed by atoms with van der Waals surface area (Å²) in [5, 5.41) is 0. The smallest absolute Gasteiger partial charge is 0.264 e. The first-order valence-electron chi connectivity index (χ1n) is 8.62. The van der Waals surface area contributed by atoms with E-state index in [2.05, 4.69) is 36.6 Å². The normalized spacial score (nSPS) is 11.0. The number of amides is 1. The Morgan fingerprint density at radius 3 is 1.69 bits per heavy atom. The number of hydrogen-bond acceptors (Lipinski definition) is 3. The first kappa shape index (κ1) is 21.5. The molecule has 0 heterocycles. The van der Waals surface area contributed by atoms with Gasteiger partial charge >= 0.3 is 0 Å². The number of carbonyl (C=O) groups is 1. The molecule has 29 heavy (non-hydrogen) atoms. The lowest BCUT2D eigenvalue weighted by atomic mass is 9.97. The minimum atomic E-state index is -3.96. The fraction of sp³-hybridized carbons (Fsp3) is 0.0455. The van der Waals surface area contributed by atoms with Crippen LogP contribution in [0.3, 0.4) is 0 Å². The molecule has 0 atom stereocenters. The van der Waals surface area contributed by atoms with Crippen molar-refractivity contribution < 1.29 is 13.2 Å². The van der Waals surface area contributed by atoms with Crippen molar-refractivity contribution in [2.45, 2.75) is 11.8 Å². The quantitative estimate of drug-likeness (QED) is 0.442. The van der Waals surface area contributed by atoms with Gasteiger partial charge in [-0.1, -0.05) is 73.8 Å². The largest absolute Gasteiger partial charge is 0.269 e. The van der Waals surface area contributed by atoms with Crippen molar-refractivity contribution in [3.05, 3.63) is 105 Å². The summed E-state index contributed by atoms with van der Waals surface area (Å²) < 4.78 is 29.0. The molecule has 0 saturated carbocycles. The van der Waals surface area contributed by atoms with E-state index < -0.39 is 15.9 Å². The minimum absolute atomic E-state index is 0.0404. The van der Waals surface area contributed by atoms with Gasteiger partial charge in [0.25, 0.3) is 15.9 Å². The predicted octanol–water partition coefficient (Wildman–Crippen LogP) is 5.46. The first-order valence-corrected chi connectivity index (χ1v) is 11.7. The molecule has 0 radical (unpaired) electrons. The van der Waals surface area contributed by atoms with Gasteiger partial charge in [0, 0.05) is 15.0 Å². The summed E-state index contributed by atoms with van der Waals surface area (Å²) in [6.45, 7) is 1.86. The fourth-order valence-electron chi connectivity index (χ4n) is 2.66. The van der Waals surface area contributed by atoms with Crippen LogP contribution < -0.4 is 4.72 Å². The highest BCUT2D eigenvalue weighted by molar-refractivity contribution is 9.10. The number of benzene rings is 3. The molecule has 0 aliphatic heterocycles. The molecule has 0 saturated heterocycles. The van der Waals surface area contributed by atoms with E-state index in [0.29, 0.717) is 5.57 Å². The van der Waals surface area contributed by atoms with Crippen LogP contribution in [0.5, 0.6) is 0 Å². The first-order chi connectivity index (χ1) is 13.7. The molecular weight excluding hydrogens is 518 g/mol. The van der Waals surface area contributed by atoms with Crippen LogP contribution in [0.1, 0.15) is 16.7 Å². The molecule has 0 spiro atoms. The molecule has 0 unspecified atom stereocenters. The predicted molar refractivity (Wildman–Crippen MR) is 122 cm³/mol. The number of halogens is 2. The second-order valence-corrected chi connectivity index (χ2v) is 9.87. The summed E-state index contributed by atoms with van der Waals surface area (Å²) in [4.78, 5) is 12.6. The number of hydrogen-bond donors (Lipinski definition) is 1. The van der Waals surface area contributed by atoms with Crippen LogP contribution in [-0.2, 0) is 14.8 Å². The average Bonchev–Trinajstić information content (AvgIpc) is 2.68. The van der Waals surface area contributed by atoms with Gasteiger partial charge in [-0.3, -0.25) is 4.79 Å². The maximum Gasteiger partial charge on any atom is 0.264 e. The Morgan fingerprint density at radius 1 is 0.793 bits per heavy atom. The molecule has 1 N–H and O–H groups in total. The van der Waals surface area contributed by atoms with Gasteiger partial charge in [-0.05, 0) is 60.0 Å². The molecule has 7 heteroatoms. The summed E-state index contributed by atoms with van der Waals surface area (Å²) in [6, 6.07) is 21.2. The highest BCUT2D eigenvalue weighted by Crippen LogP contribution is 2.26. The van der Waals surface area contributed by atoms with E-state index in [1.54, 1.807) is 12.1 Å². The highest BCUT2D eigenvalue weighted by Gasteiger charge is 2.17. The van der Waals surface area contributed by atoms with Crippen LogP contribution in [0.2, 0.25) is 0 Å². The lowest BCUT2D eigenvalue weighted by molar-refractivity contribution is -0.114. The van der Waals surface area contributed by atoms with Crippen molar-refractivity contribution in [1.82, 2.24) is 4.72 Å². The van der Waals surface area contributed by atoms with Gasteiger partial charge in [0.2, 0.25) is 0 Å². The maximum atomic E-state index is 12.6. The molecular formula is C22H17Br2NO3S. The van der Waals surface area contributed by atoms with Crippen LogP contribution in [0.4, 0.5) is 0 Å². The van der Waals surface area contributed by atoms with Crippen LogP contribution in [0, 0.1) is 6.92 Å². The zero-order chi connectivity index (χ0) is 21.0. The number of nitrogens with one attached hydrogen (secondary N) is 1. The standard InChI is InChI=1S/C22H17Br2NO3S/c1-15-2-12-20(13-3-15)29(27,28)25-22(26)14-21(16-4-8-18(23)9-5-16)17-6-10-19(24)11-7-17/h2-14H,1H3,(H,25,26). The number of sulfonamides is 1. The Labute approximate surface area is 187 Å². The molecule has 0 aliphatic rings. The third kappa shape index (κ3) is 5.65. The zero-order valence-electron chi connectivity index (χ0n) is 15.4. The molecule has 3 aromatic carbocycles. The van der Waals surface area contributed by atoms with E-state index >= 15 is 0 Å². The Balaban J connectivity index is 1.96. The monoisotopic (exact) mass is 533 g/mol. The summed E-state index contributed by atoms with van der Waals surface area (Å²) in [6.07, 6.45) is 1.30. The number of carbonyl (C=O) groups excluding carboxylic acids is 1. The van der Waals surface area contributed by atoms with E-state index in [9.17, 15) is 13.2 Å². The van der Waals surface area contributed by atoms with Gasteiger partial charge in [-0.2, -0.15) is 0 Å². The van der Waals surface area contributed by atoms with Crippen LogP contribution in [0.25, 0.3) is 5.57 Å². The molecule has 3 rings (SSSR count). The average molecular weight is 535 g/mol. The SMILES string of the molecule is Cc1ccc(S(=O)(=O)NC(=O)C=C(c2ccc(Br)cc2)c2ccc(Br)cc2)cc1. The molecule has 4 nitrogen and oxygen atoms in total. The van der Waals surface area contributed by atoms with Gasteiger partial charge in [-0.25, -0.2) is 13.1 Å². The van der Waals surface area contributed by atoms with Gasteiger partial charge in [0.05, 0.1) is 4.90 Å². The molecule has 0 fully saturated rings. The summed E-state index contributed by atoms with van der Waals surface area (Å²) >= 11 is 6.80. The molecule has 0 bridgehead atoms. The van der Waals surface area contributed by atoms with E-state index in [-0.39, 0.29) is 4.90 Å². The molecule has 0 aliphatic carbocycles. The van der Waals surface area contributed by atoms with Crippen LogP contribution in [-0.4, -0.2) is 14.3 Å².